The van der Waals surface area contributed by atoms with E-state index < -0.39 is 30.1 Å². The van der Waals surface area contributed by atoms with Crippen LogP contribution in [0.2, 0.25) is 0 Å². The average molecular weight is 395 g/mol. The quantitative estimate of drug-likeness (QED) is 0.610. The molecule has 1 aliphatic heterocycles. The molecule has 0 aliphatic carbocycles. The van der Waals surface area contributed by atoms with Crippen LogP contribution in [0.5, 0.6) is 11.5 Å². The Morgan fingerprint density at radius 2 is 1.86 bits per heavy atom. The monoisotopic (exact) mass is 395 g/mol. The number of nitrogens with zero attached hydrogens (tertiary/aromatic N) is 1. The number of carbonyl (C=O) groups is 3. The van der Waals surface area contributed by atoms with Crippen molar-refractivity contribution in [1.82, 2.24) is 4.90 Å². The molecular formula is C19H25NO8. The first-order valence-electron chi connectivity index (χ1n) is 8.86. The maximum absolute atomic E-state index is 12.1. The van der Waals surface area contributed by atoms with Gasteiger partial charge in [-0.3, -0.25) is 9.69 Å². The predicted octanol–water partition coefficient (Wildman–Crippen LogP) is 2.19. The summed E-state index contributed by atoms with van der Waals surface area (Å²) in [7, 11) is 3.07. The molecule has 0 saturated carbocycles. The van der Waals surface area contributed by atoms with E-state index in [0.29, 0.717) is 36.7 Å². The number of benzene rings is 1. The van der Waals surface area contributed by atoms with Crippen LogP contribution in [-0.4, -0.2) is 66.4 Å². The summed E-state index contributed by atoms with van der Waals surface area (Å²) in [6.45, 7) is 2.21. The number of carboxylic acids is 1. The first-order valence-corrected chi connectivity index (χ1v) is 8.86. The Kier molecular flexibility index (Phi) is 7.22. The molecule has 1 aromatic rings. The number of likely N-dealkylation sites (tertiary alicyclic amines) is 1. The SMILES string of the molecule is COCCCOc1cc([C@H]2[C@@H](C(C)=O)C[C@@H](C(=O)O)N2C(=O)O)ccc1OC. The van der Waals surface area contributed by atoms with Gasteiger partial charge in [0.25, 0.3) is 0 Å². The first kappa shape index (κ1) is 21.5. The molecule has 1 heterocycles. The Morgan fingerprint density at radius 1 is 1.14 bits per heavy atom. The van der Waals surface area contributed by atoms with E-state index in [9.17, 15) is 24.6 Å². The average Bonchev–Trinajstić information content (AvgIpc) is 3.06. The third kappa shape index (κ3) is 4.53. The maximum Gasteiger partial charge on any atom is 0.408 e. The van der Waals surface area contributed by atoms with Gasteiger partial charge in [0.2, 0.25) is 0 Å². The van der Waals surface area contributed by atoms with Crippen LogP contribution < -0.4 is 9.47 Å². The number of carbonyl (C=O) groups excluding carboxylic acids is 1. The molecule has 28 heavy (non-hydrogen) atoms. The van der Waals surface area contributed by atoms with Crippen molar-refractivity contribution >= 4 is 17.8 Å². The lowest BCUT2D eigenvalue weighted by Gasteiger charge is -2.28. The van der Waals surface area contributed by atoms with Crippen molar-refractivity contribution in [1.29, 1.82) is 0 Å². The van der Waals surface area contributed by atoms with Gasteiger partial charge in [0, 0.05) is 26.1 Å². The second-order valence-corrected chi connectivity index (χ2v) is 6.55. The fraction of sp³-hybridized carbons (Fsp3) is 0.526. The van der Waals surface area contributed by atoms with Gasteiger partial charge < -0.3 is 24.4 Å². The van der Waals surface area contributed by atoms with Crippen LogP contribution in [0.3, 0.4) is 0 Å². The zero-order valence-electron chi connectivity index (χ0n) is 16.1. The number of aliphatic carboxylic acids is 1. The Labute approximate surface area is 162 Å². The Bertz CT molecular complexity index is 735. The minimum atomic E-state index is -1.39. The molecule has 1 amide bonds. The molecule has 9 heteroatoms. The van der Waals surface area contributed by atoms with Gasteiger partial charge in [-0.1, -0.05) is 6.07 Å². The van der Waals surface area contributed by atoms with Gasteiger partial charge in [-0.25, -0.2) is 9.59 Å². The summed E-state index contributed by atoms with van der Waals surface area (Å²) in [4.78, 5) is 36.3. The molecule has 1 fully saturated rings. The Balaban J connectivity index is 2.41. The summed E-state index contributed by atoms with van der Waals surface area (Å²) < 4.78 is 16.0. The molecule has 0 aromatic heterocycles. The van der Waals surface area contributed by atoms with Crippen LogP contribution in [-0.2, 0) is 14.3 Å². The van der Waals surface area contributed by atoms with Gasteiger partial charge in [0.1, 0.15) is 11.8 Å². The van der Waals surface area contributed by atoms with Crippen LogP contribution in [0.15, 0.2) is 18.2 Å². The largest absolute Gasteiger partial charge is 0.493 e. The lowest BCUT2D eigenvalue weighted by molar-refractivity contribution is -0.142. The van der Waals surface area contributed by atoms with Crippen molar-refractivity contribution in [3.8, 4) is 11.5 Å². The van der Waals surface area contributed by atoms with Gasteiger partial charge in [0.05, 0.1) is 19.8 Å². The van der Waals surface area contributed by atoms with Gasteiger partial charge in [-0.15, -0.1) is 0 Å². The van der Waals surface area contributed by atoms with Crippen molar-refractivity contribution in [3.05, 3.63) is 23.8 Å². The van der Waals surface area contributed by atoms with Gasteiger partial charge in [-0.2, -0.15) is 0 Å². The highest BCUT2D eigenvalue weighted by Gasteiger charge is 2.49. The minimum absolute atomic E-state index is 0.0717. The van der Waals surface area contributed by atoms with Crippen molar-refractivity contribution in [3.63, 3.8) is 0 Å². The van der Waals surface area contributed by atoms with E-state index >= 15 is 0 Å². The molecule has 0 bridgehead atoms. The van der Waals surface area contributed by atoms with Crippen LogP contribution in [0, 0.1) is 5.92 Å². The second kappa shape index (κ2) is 9.41. The van der Waals surface area contributed by atoms with Crippen molar-refractivity contribution in [2.75, 3.05) is 27.4 Å². The van der Waals surface area contributed by atoms with E-state index in [1.807, 2.05) is 0 Å². The summed E-state index contributed by atoms with van der Waals surface area (Å²) in [6.07, 6.45) is -0.816. The number of rotatable bonds is 9. The van der Waals surface area contributed by atoms with Gasteiger partial charge in [0.15, 0.2) is 11.5 Å². The van der Waals surface area contributed by atoms with E-state index in [-0.39, 0.29) is 12.2 Å². The van der Waals surface area contributed by atoms with E-state index in [2.05, 4.69) is 0 Å². The highest BCUT2D eigenvalue weighted by Crippen LogP contribution is 2.44. The van der Waals surface area contributed by atoms with Crippen LogP contribution in [0.4, 0.5) is 4.79 Å². The summed E-state index contributed by atoms with van der Waals surface area (Å²) >= 11 is 0. The van der Waals surface area contributed by atoms with E-state index in [4.69, 9.17) is 14.2 Å². The van der Waals surface area contributed by atoms with E-state index in [1.54, 1.807) is 25.3 Å². The fourth-order valence-electron chi connectivity index (χ4n) is 3.50. The molecule has 1 aromatic carbocycles. The molecule has 3 atom stereocenters. The third-order valence-corrected chi connectivity index (χ3v) is 4.80. The fourth-order valence-corrected chi connectivity index (χ4v) is 3.50. The van der Waals surface area contributed by atoms with Gasteiger partial charge >= 0.3 is 12.1 Å². The molecule has 0 radical (unpaired) electrons. The molecule has 0 unspecified atom stereocenters. The zero-order chi connectivity index (χ0) is 20.8. The summed E-state index contributed by atoms with van der Waals surface area (Å²) in [5.41, 5.74) is 0.480. The second-order valence-electron chi connectivity index (χ2n) is 6.55. The van der Waals surface area contributed by atoms with Crippen LogP contribution in [0.25, 0.3) is 0 Å². The lowest BCUT2D eigenvalue weighted by atomic mass is 9.90. The Hall–Kier alpha value is -2.81. The number of hydrogen-bond acceptors (Lipinski definition) is 6. The number of hydrogen-bond donors (Lipinski definition) is 2. The van der Waals surface area contributed by atoms with Crippen LogP contribution in [0.1, 0.15) is 31.4 Å². The minimum Gasteiger partial charge on any atom is -0.493 e. The lowest BCUT2D eigenvalue weighted by Crippen LogP contribution is -2.41. The molecule has 1 saturated heterocycles. The third-order valence-electron chi connectivity index (χ3n) is 4.80. The first-order chi connectivity index (χ1) is 13.3. The number of methoxy groups -OCH3 is 2. The molecule has 0 spiro atoms. The smallest absolute Gasteiger partial charge is 0.408 e. The van der Waals surface area contributed by atoms with E-state index in [1.165, 1.54) is 14.0 Å². The number of carboxylic acid groups (broad SMARTS) is 2. The van der Waals surface area contributed by atoms with Crippen molar-refractivity contribution in [2.24, 2.45) is 5.92 Å². The topological polar surface area (TPSA) is 123 Å². The number of Topliss-reactive ketones (excluding diaryl/α,β-unsaturated/α-hetero) is 1. The number of ether oxygens (including phenoxy) is 3. The zero-order valence-corrected chi connectivity index (χ0v) is 16.1. The Morgan fingerprint density at radius 3 is 2.39 bits per heavy atom. The molecule has 2 rings (SSSR count). The molecule has 1 aliphatic rings. The van der Waals surface area contributed by atoms with Gasteiger partial charge in [-0.05, 0) is 31.0 Å². The van der Waals surface area contributed by atoms with Crippen LogP contribution >= 0.6 is 0 Å². The normalized spacial score (nSPS) is 21.4. The predicted molar refractivity (Wildman–Crippen MR) is 97.8 cm³/mol. The highest BCUT2D eigenvalue weighted by atomic mass is 16.5. The molecule has 2 N–H and O–H groups in total. The molecule has 154 valence electrons. The summed E-state index contributed by atoms with van der Waals surface area (Å²) in [6, 6.07) is 2.65. The molecule has 9 nitrogen and oxygen atoms in total. The van der Waals surface area contributed by atoms with E-state index in [0.717, 1.165) is 4.90 Å². The number of ketones is 1. The summed E-state index contributed by atoms with van der Waals surface area (Å²) in [5, 5.41) is 19.0. The summed E-state index contributed by atoms with van der Waals surface area (Å²) in [5.74, 6) is -1.45. The van der Waals surface area contributed by atoms with Crippen molar-refractivity contribution < 1.29 is 38.8 Å². The van der Waals surface area contributed by atoms with Crippen molar-refractivity contribution in [2.45, 2.75) is 31.8 Å². The maximum atomic E-state index is 12.1. The molecular weight excluding hydrogens is 370 g/mol. The standard InChI is InChI=1S/C19H25NO8/c1-11(21)13-10-14(18(22)23)20(19(24)25)17(13)12-5-6-15(27-3)16(9-12)28-8-4-7-26-2/h5-6,9,13-14,17H,4,7-8,10H2,1-3H3,(H,22,23)(H,24,25)/t13-,14+,17+/m1/s1. The number of amides is 1. The highest BCUT2D eigenvalue weighted by molar-refractivity contribution is 5.86.